The van der Waals surface area contributed by atoms with Crippen LogP contribution in [0.4, 0.5) is 10.7 Å². The first-order valence-corrected chi connectivity index (χ1v) is 15.2. The van der Waals surface area contributed by atoms with E-state index in [0.717, 1.165) is 35.3 Å². The average molecular weight is 566 g/mol. The molecule has 0 aliphatic heterocycles. The number of nitrogens with one attached hydrogen (secondary N) is 2. The van der Waals surface area contributed by atoms with Gasteiger partial charge in [-0.25, -0.2) is 0 Å². The van der Waals surface area contributed by atoms with Crippen LogP contribution in [0.5, 0.6) is 0 Å². The molecule has 0 fully saturated rings. The third-order valence-electron chi connectivity index (χ3n) is 7.15. The lowest BCUT2D eigenvalue weighted by Crippen LogP contribution is -2.24. The van der Waals surface area contributed by atoms with E-state index in [4.69, 9.17) is 0 Å². The van der Waals surface area contributed by atoms with Gasteiger partial charge in [-0.15, -0.1) is 23.1 Å². The van der Waals surface area contributed by atoms with Crippen LogP contribution in [0, 0.1) is 11.3 Å². The number of nitrogens with zero attached hydrogens (tertiary/aromatic N) is 1. The van der Waals surface area contributed by atoms with Gasteiger partial charge in [-0.2, -0.15) is 5.26 Å². The zero-order valence-corrected chi connectivity index (χ0v) is 24.0. The van der Waals surface area contributed by atoms with Gasteiger partial charge >= 0.3 is 0 Å². The maximum absolute atomic E-state index is 13.4. The van der Waals surface area contributed by atoms with Crippen molar-refractivity contribution < 1.29 is 9.59 Å². The van der Waals surface area contributed by atoms with Gasteiger partial charge in [0.15, 0.2) is 0 Å². The molecule has 5 rings (SSSR count). The normalized spacial score (nSPS) is 14.9. The molecule has 0 radical (unpaired) electrons. The largest absolute Gasteiger partial charge is 0.326 e. The highest BCUT2D eigenvalue weighted by Crippen LogP contribution is 2.42. The van der Waals surface area contributed by atoms with Gasteiger partial charge in [0.2, 0.25) is 11.8 Å². The predicted octanol–water partition coefficient (Wildman–Crippen LogP) is 7.58. The summed E-state index contributed by atoms with van der Waals surface area (Å²) in [6, 6.07) is 30.1. The maximum atomic E-state index is 13.4. The van der Waals surface area contributed by atoms with Gasteiger partial charge in [0.25, 0.3) is 0 Å². The molecule has 1 heterocycles. The number of thiophene rings is 1. The summed E-state index contributed by atoms with van der Waals surface area (Å²) in [6.45, 7) is 1.98. The minimum Gasteiger partial charge on any atom is -0.326 e. The molecular weight excluding hydrogens is 535 g/mol. The number of carbonyl (C=O) groups is 2. The number of amides is 2. The average Bonchev–Trinajstić information content (AvgIpc) is 3.33. The van der Waals surface area contributed by atoms with Crippen molar-refractivity contribution in [3.8, 4) is 6.07 Å². The zero-order valence-electron chi connectivity index (χ0n) is 22.4. The van der Waals surface area contributed by atoms with Crippen LogP contribution in [0.2, 0.25) is 0 Å². The fourth-order valence-electron chi connectivity index (χ4n) is 5.11. The molecule has 7 heteroatoms. The molecule has 2 unspecified atom stereocenters. The van der Waals surface area contributed by atoms with E-state index in [1.807, 2.05) is 67.6 Å². The minimum atomic E-state index is -0.335. The summed E-state index contributed by atoms with van der Waals surface area (Å²) in [5.41, 5.74) is 4.69. The lowest BCUT2D eigenvalue weighted by molar-refractivity contribution is -0.116. The van der Waals surface area contributed by atoms with Crippen LogP contribution in [0.3, 0.4) is 0 Å². The van der Waals surface area contributed by atoms with E-state index >= 15 is 0 Å². The topological polar surface area (TPSA) is 82.0 Å². The Morgan fingerprint density at radius 1 is 1.02 bits per heavy atom. The number of hydrogen-bond donors (Lipinski definition) is 2. The van der Waals surface area contributed by atoms with Gasteiger partial charge < -0.3 is 10.6 Å². The molecule has 0 saturated carbocycles. The van der Waals surface area contributed by atoms with Gasteiger partial charge in [-0.1, -0.05) is 73.7 Å². The second-order valence-electron chi connectivity index (χ2n) is 9.91. The van der Waals surface area contributed by atoms with E-state index in [1.54, 1.807) is 11.3 Å². The minimum absolute atomic E-state index is 0.0849. The van der Waals surface area contributed by atoms with E-state index in [1.165, 1.54) is 22.2 Å². The van der Waals surface area contributed by atoms with Crippen LogP contribution in [-0.2, 0) is 28.9 Å². The van der Waals surface area contributed by atoms with Crippen molar-refractivity contribution in [2.24, 2.45) is 0 Å². The molecule has 0 spiro atoms. The smallest absolute Gasteiger partial charge is 0.238 e. The predicted molar refractivity (Wildman–Crippen MR) is 164 cm³/mol. The van der Waals surface area contributed by atoms with E-state index in [9.17, 15) is 14.9 Å². The fraction of sp³-hybridized carbons (Fsp3) is 0.242. The summed E-state index contributed by atoms with van der Waals surface area (Å²) >= 11 is 3.01. The van der Waals surface area contributed by atoms with Gasteiger partial charge in [-0.05, 0) is 66.5 Å². The number of carbonyl (C=O) groups excluding carboxylic acids is 2. The Morgan fingerprint density at radius 2 is 1.77 bits per heavy atom. The Hall–Kier alpha value is -3.86. The van der Waals surface area contributed by atoms with E-state index in [-0.39, 0.29) is 17.1 Å². The van der Waals surface area contributed by atoms with Crippen LogP contribution >= 0.6 is 23.1 Å². The first-order valence-electron chi connectivity index (χ1n) is 13.5. The second-order valence-corrected chi connectivity index (χ2v) is 12.3. The molecule has 40 heavy (non-hydrogen) atoms. The number of fused-ring (bicyclic) bond motifs is 1. The number of hydrogen-bond acceptors (Lipinski definition) is 5. The number of nitriles is 1. The van der Waals surface area contributed by atoms with Crippen molar-refractivity contribution in [3.05, 3.63) is 112 Å². The van der Waals surface area contributed by atoms with Crippen LogP contribution in [0.25, 0.3) is 0 Å². The first kappa shape index (κ1) is 27.7. The summed E-state index contributed by atoms with van der Waals surface area (Å²) in [5.74, 6) is 0.237. The molecule has 2 atom stereocenters. The summed E-state index contributed by atoms with van der Waals surface area (Å²) < 4.78 is 0. The molecule has 2 amide bonds. The number of benzene rings is 3. The molecular formula is C33H31N3O2S2. The van der Waals surface area contributed by atoms with Crippen molar-refractivity contribution in [3.63, 3.8) is 0 Å². The molecule has 0 saturated heterocycles. The van der Waals surface area contributed by atoms with Gasteiger partial charge in [0, 0.05) is 15.5 Å². The molecule has 1 aliphatic rings. The third kappa shape index (κ3) is 6.64. The fourth-order valence-corrected chi connectivity index (χ4v) is 7.41. The Labute approximate surface area is 243 Å². The highest BCUT2D eigenvalue weighted by atomic mass is 32.2. The SMILES string of the molecule is CCC(Sc1cccc(NC(=O)Cc2ccccc2)c1)C(=O)Nc1sc2c(c1C#N)CCC(c1ccccc1)C2. The molecule has 1 aromatic heterocycles. The Balaban J connectivity index is 1.24. The third-order valence-corrected chi connectivity index (χ3v) is 9.68. The second kappa shape index (κ2) is 13.0. The van der Waals surface area contributed by atoms with Crippen molar-refractivity contribution >= 4 is 45.6 Å². The van der Waals surface area contributed by atoms with Crippen molar-refractivity contribution in [2.75, 3.05) is 10.6 Å². The molecule has 3 aromatic carbocycles. The maximum Gasteiger partial charge on any atom is 0.238 e. The summed E-state index contributed by atoms with van der Waals surface area (Å²) in [4.78, 5) is 28.0. The number of anilines is 2. The van der Waals surface area contributed by atoms with E-state index in [2.05, 4.69) is 41.0 Å². The highest BCUT2D eigenvalue weighted by molar-refractivity contribution is 8.00. The summed E-state index contributed by atoms with van der Waals surface area (Å²) in [7, 11) is 0. The number of thioether (sulfide) groups is 1. The Kier molecular flexibility index (Phi) is 9.00. The standard InChI is InChI=1S/C33H31N3O2S2/c1-2-29(39-26-15-9-14-25(20-26)35-31(37)18-22-10-5-3-6-11-22)32(38)36-33-28(21-34)27-17-16-24(19-30(27)40-33)23-12-7-4-8-13-23/h3-15,20,24,29H,2,16-19H2,1H3,(H,35,37)(H,36,38). The van der Waals surface area contributed by atoms with Gasteiger partial charge in [0.05, 0.1) is 17.2 Å². The van der Waals surface area contributed by atoms with Crippen LogP contribution in [0.1, 0.15) is 52.8 Å². The van der Waals surface area contributed by atoms with Crippen LogP contribution in [-0.4, -0.2) is 17.1 Å². The quantitative estimate of drug-likeness (QED) is 0.205. The molecule has 0 bridgehead atoms. The molecule has 4 aromatic rings. The lowest BCUT2D eigenvalue weighted by Gasteiger charge is -2.22. The highest BCUT2D eigenvalue weighted by Gasteiger charge is 2.28. The van der Waals surface area contributed by atoms with Crippen molar-refractivity contribution in [2.45, 2.75) is 55.1 Å². The molecule has 5 nitrogen and oxygen atoms in total. The van der Waals surface area contributed by atoms with Crippen LogP contribution < -0.4 is 10.6 Å². The van der Waals surface area contributed by atoms with Crippen molar-refractivity contribution in [1.29, 1.82) is 5.26 Å². The lowest BCUT2D eigenvalue weighted by atomic mass is 9.83. The van der Waals surface area contributed by atoms with E-state index < -0.39 is 0 Å². The summed E-state index contributed by atoms with van der Waals surface area (Å²) in [6.07, 6.45) is 3.67. The molecule has 2 N–H and O–H groups in total. The first-order chi connectivity index (χ1) is 19.5. The van der Waals surface area contributed by atoms with E-state index in [0.29, 0.717) is 35.0 Å². The summed E-state index contributed by atoms with van der Waals surface area (Å²) in [5, 5.41) is 16.3. The molecule has 1 aliphatic carbocycles. The monoisotopic (exact) mass is 565 g/mol. The van der Waals surface area contributed by atoms with Crippen molar-refractivity contribution in [1.82, 2.24) is 0 Å². The van der Waals surface area contributed by atoms with Gasteiger partial charge in [-0.3, -0.25) is 9.59 Å². The Bertz CT molecular complexity index is 1530. The Morgan fingerprint density at radius 3 is 2.50 bits per heavy atom. The number of rotatable bonds is 9. The van der Waals surface area contributed by atoms with Crippen LogP contribution in [0.15, 0.2) is 89.8 Å². The molecule has 202 valence electrons. The zero-order chi connectivity index (χ0) is 27.9. The van der Waals surface area contributed by atoms with Gasteiger partial charge in [0.1, 0.15) is 11.1 Å².